The van der Waals surface area contributed by atoms with Gasteiger partial charge in [0.1, 0.15) is 0 Å². The molecule has 0 fully saturated rings. The summed E-state index contributed by atoms with van der Waals surface area (Å²) in [7, 11) is 4.16. The molecule has 1 unspecified atom stereocenters. The number of nitrogens with one attached hydrogen (secondary N) is 2. The van der Waals surface area contributed by atoms with E-state index in [-0.39, 0.29) is 0 Å². The zero-order valence-electron chi connectivity index (χ0n) is 8.09. The highest BCUT2D eigenvalue weighted by molar-refractivity contribution is 5.81. The first-order valence-electron chi connectivity index (χ1n) is 4.39. The Balaban J connectivity index is 2.16. The first-order valence-corrected chi connectivity index (χ1v) is 4.39. The van der Waals surface area contributed by atoms with Crippen molar-refractivity contribution in [3.05, 3.63) is 0 Å². The summed E-state index contributed by atoms with van der Waals surface area (Å²) in [5.41, 5.74) is 0. The predicted octanol–water partition coefficient (Wildman–Crippen LogP) is -0.515. The summed E-state index contributed by atoms with van der Waals surface area (Å²) in [6.07, 6.45) is 0. The van der Waals surface area contributed by atoms with E-state index in [9.17, 15) is 0 Å². The van der Waals surface area contributed by atoms with Crippen LogP contribution in [0.1, 0.15) is 6.92 Å². The number of nitrogens with zero attached hydrogens (tertiary/aromatic N) is 2. The number of likely N-dealkylation sites (N-methyl/N-ethyl adjacent to an activating group) is 1. The Kier molecular flexibility index (Phi) is 3.34. The van der Waals surface area contributed by atoms with Crippen LogP contribution < -0.4 is 10.6 Å². The van der Waals surface area contributed by atoms with Gasteiger partial charge in [-0.25, -0.2) is 0 Å². The Labute approximate surface area is 74.0 Å². The monoisotopic (exact) mass is 170 g/mol. The zero-order valence-corrected chi connectivity index (χ0v) is 8.09. The van der Waals surface area contributed by atoms with Crippen LogP contribution in [0.15, 0.2) is 4.99 Å². The normalized spacial score (nSPS) is 18.8. The maximum atomic E-state index is 4.24. The summed E-state index contributed by atoms with van der Waals surface area (Å²) >= 11 is 0. The molecule has 0 bridgehead atoms. The maximum absolute atomic E-state index is 4.24. The maximum Gasteiger partial charge on any atom is 0.191 e. The molecule has 0 radical (unpaired) electrons. The van der Waals surface area contributed by atoms with Crippen molar-refractivity contribution in [1.29, 1.82) is 0 Å². The van der Waals surface area contributed by atoms with Crippen LogP contribution in [0.25, 0.3) is 0 Å². The third-order valence-corrected chi connectivity index (χ3v) is 2.12. The molecule has 1 heterocycles. The first-order chi connectivity index (χ1) is 5.70. The van der Waals surface area contributed by atoms with Crippen LogP contribution in [0.3, 0.4) is 0 Å². The SMILES string of the molecule is CC(CNC1=NCCN1)N(C)C. The minimum Gasteiger partial charge on any atom is -0.355 e. The molecule has 0 spiro atoms. The number of hydrogen-bond donors (Lipinski definition) is 2. The zero-order chi connectivity index (χ0) is 8.97. The third kappa shape index (κ3) is 2.70. The molecule has 1 rings (SSSR count). The van der Waals surface area contributed by atoms with E-state index in [1.807, 2.05) is 0 Å². The Hall–Kier alpha value is -0.770. The molecule has 1 atom stereocenters. The summed E-state index contributed by atoms with van der Waals surface area (Å²) in [6.45, 7) is 5.00. The Morgan fingerprint density at radius 3 is 2.92 bits per heavy atom. The van der Waals surface area contributed by atoms with Crippen molar-refractivity contribution in [2.45, 2.75) is 13.0 Å². The van der Waals surface area contributed by atoms with Crippen molar-refractivity contribution >= 4 is 5.96 Å². The first kappa shape index (κ1) is 9.32. The van der Waals surface area contributed by atoms with Crippen LogP contribution in [0, 0.1) is 0 Å². The Bertz CT molecular complexity index is 164. The largest absolute Gasteiger partial charge is 0.355 e. The van der Waals surface area contributed by atoms with Crippen LogP contribution in [-0.2, 0) is 0 Å². The lowest BCUT2D eigenvalue weighted by Gasteiger charge is -2.20. The van der Waals surface area contributed by atoms with Gasteiger partial charge in [0.2, 0.25) is 0 Å². The van der Waals surface area contributed by atoms with E-state index in [1.54, 1.807) is 0 Å². The number of guanidine groups is 1. The van der Waals surface area contributed by atoms with Crippen LogP contribution in [0.2, 0.25) is 0 Å². The van der Waals surface area contributed by atoms with Gasteiger partial charge < -0.3 is 15.5 Å². The molecule has 0 aromatic rings. The second-order valence-electron chi connectivity index (χ2n) is 3.35. The number of aliphatic imine (C=N–C) groups is 1. The van der Waals surface area contributed by atoms with Crippen molar-refractivity contribution in [3.8, 4) is 0 Å². The molecule has 0 aliphatic carbocycles. The highest BCUT2D eigenvalue weighted by Gasteiger charge is 2.07. The molecule has 1 aliphatic rings. The van der Waals surface area contributed by atoms with Gasteiger partial charge in [-0.3, -0.25) is 4.99 Å². The molecular weight excluding hydrogens is 152 g/mol. The lowest BCUT2D eigenvalue weighted by molar-refractivity contribution is 0.313. The van der Waals surface area contributed by atoms with Crippen molar-refractivity contribution < 1.29 is 0 Å². The van der Waals surface area contributed by atoms with E-state index in [4.69, 9.17) is 0 Å². The molecule has 0 aromatic heterocycles. The molecule has 4 nitrogen and oxygen atoms in total. The highest BCUT2D eigenvalue weighted by Crippen LogP contribution is 1.89. The topological polar surface area (TPSA) is 39.7 Å². The summed E-state index contributed by atoms with van der Waals surface area (Å²) in [6, 6.07) is 0.537. The van der Waals surface area contributed by atoms with Crippen LogP contribution >= 0.6 is 0 Å². The molecule has 0 saturated carbocycles. The smallest absolute Gasteiger partial charge is 0.191 e. The van der Waals surface area contributed by atoms with Crippen molar-refractivity contribution in [2.75, 3.05) is 33.7 Å². The lowest BCUT2D eigenvalue weighted by Crippen LogP contribution is -2.42. The average Bonchev–Trinajstić information content (AvgIpc) is 2.51. The van der Waals surface area contributed by atoms with Gasteiger partial charge in [-0.05, 0) is 21.0 Å². The minimum atomic E-state index is 0.537. The third-order valence-electron chi connectivity index (χ3n) is 2.12. The van der Waals surface area contributed by atoms with Crippen LogP contribution in [0.5, 0.6) is 0 Å². The van der Waals surface area contributed by atoms with E-state index in [0.717, 1.165) is 25.6 Å². The molecular formula is C8H18N4. The molecule has 1 aliphatic heterocycles. The number of hydrogen-bond acceptors (Lipinski definition) is 4. The molecule has 4 heteroatoms. The van der Waals surface area contributed by atoms with E-state index in [2.05, 4.69) is 41.5 Å². The minimum absolute atomic E-state index is 0.537. The van der Waals surface area contributed by atoms with E-state index < -0.39 is 0 Å². The van der Waals surface area contributed by atoms with Crippen LogP contribution in [-0.4, -0.2) is 50.6 Å². The fourth-order valence-electron chi connectivity index (χ4n) is 0.943. The molecule has 0 aromatic carbocycles. The predicted molar refractivity (Wildman–Crippen MR) is 51.5 cm³/mol. The fourth-order valence-corrected chi connectivity index (χ4v) is 0.943. The van der Waals surface area contributed by atoms with Gasteiger partial charge in [0, 0.05) is 19.1 Å². The second-order valence-corrected chi connectivity index (χ2v) is 3.35. The summed E-state index contributed by atoms with van der Waals surface area (Å²) in [5, 5.41) is 6.43. The molecule has 2 N–H and O–H groups in total. The van der Waals surface area contributed by atoms with E-state index >= 15 is 0 Å². The van der Waals surface area contributed by atoms with Crippen molar-refractivity contribution in [2.24, 2.45) is 4.99 Å². The standard InChI is InChI=1S/C8H18N4/c1-7(12(2)3)6-11-8-9-4-5-10-8/h7H,4-6H2,1-3H3,(H2,9,10,11). The molecule has 0 saturated heterocycles. The average molecular weight is 170 g/mol. The molecule has 0 amide bonds. The van der Waals surface area contributed by atoms with E-state index in [1.165, 1.54) is 0 Å². The quantitative estimate of drug-likeness (QED) is 0.599. The van der Waals surface area contributed by atoms with Gasteiger partial charge in [0.15, 0.2) is 5.96 Å². The van der Waals surface area contributed by atoms with Gasteiger partial charge >= 0.3 is 0 Å². The van der Waals surface area contributed by atoms with Gasteiger partial charge in [-0.1, -0.05) is 0 Å². The van der Waals surface area contributed by atoms with Crippen LogP contribution in [0.4, 0.5) is 0 Å². The Morgan fingerprint density at radius 2 is 2.42 bits per heavy atom. The highest BCUT2D eigenvalue weighted by atomic mass is 15.2. The van der Waals surface area contributed by atoms with Gasteiger partial charge in [-0.2, -0.15) is 0 Å². The van der Waals surface area contributed by atoms with Crippen molar-refractivity contribution in [1.82, 2.24) is 15.5 Å². The lowest BCUT2D eigenvalue weighted by atomic mass is 10.3. The van der Waals surface area contributed by atoms with Gasteiger partial charge in [-0.15, -0.1) is 0 Å². The fraction of sp³-hybridized carbons (Fsp3) is 0.875. The van der Waals surface area contributed by atoms with Crippen molar-refractivity contribution in [3.63, 3.8) is 0 Å². The molecule has 12 heavy (non-hydrogen) atoms. The summed E-state index contributed by atoms with van der Waals surface area (Å²) < 4.78 is 0. The Morgan fingerprint density at radius 1 is 1.67 bits per heavy atom. The van der Waals surface area contributed by atoms with Gasteiger partial charge in [0.05, 0.1) is 6.54 Å². The second kappa shape index (κ2) is 4.30. The van der Waals surface area contributed by atoms with E-state index in [0.29, 0.717) is 6.04 Å². The molecule has 70 valence electrons. The summed E-state index contributed by atoms with van der Waals surface area (Å²) in [5.74, 6) is 0.948. The summed E-state index contributed by atoms with van der Waals surface area (Å²) in [4.78, 5) is 6.43. The number of rotatable bonds is 3. The van der Waals surface area contributed by atoms with Gasteiger partial charge in [0.25, 0.3) is 0 Å².